The number of rotatable bonds is 5. The SMILES string of the molecule is CC(Sc1nnc(-c2cccnc2)n1C)C(=O)Nc1ccc(F)c(Cl)c1. The van der Waals surface area contributed by atoms with E-state index >= 15 is 0 Å². The summed E-state index contributed by atoms with van der Waals surface area (Å²) in [6.45, 7) is 1.75. The number of pyridine rings is 1. The highest BCUT2D eigenvalue weighted by atomic mass is 35.5. The van der Waals surface area contributed by atoms with Crippen molar-refractivity contribution in [3.05, 3.63) is 53.6 Å². The van der Waals surface area contributed by atoms with Crippen LogP contribution in [-0.2, 0) is 11.8 Å². The second-order valence-corrected chi connectivity index (χ2v) is 7.20. The van der Waals surface area contributed by atoms with Crippen LogP contribution in [0.15, 0.2) is 47.9 Å². The largest absolute Gasteiger partial charge is 0.325 e. The number of carbonyl (C=O) groups is 1. The van der Waals surface area contributed by atoms with Crippen LogP contribution in [0.3, 0.4) is 0 Å². The van der Waals surface area contributed by atoms with Crippen LogP contribution in [0.25, 0.3) is 11.4 Å². The maximum Gasteiger partial charge on any atom is 0.237 e. The third kappa shape index (κ3) is 4.03. The number of anilines is 1. The fourth-order valence-electron chi connectivity index (χ4n) is 2.19. The van der Waals surface area contributed by atoms with Crippen LogP contribution in [-0.4, -0.2) is 30.9 Å². The first kappa shape index (κ1) is 18.3. The smallest absolute Gasteiger partial charge is 0.237 e. The molecule has 0 radical (unpaired) electrons. The summed E-state index contributed by atoms with van der Waals surface area (Å²) in [6, 6.07) is 7.74. The van der Waals surface area contributed by atoms with Crippen molar-refractivity contribution < 1.29 is 9.18 Å². The summed E-state index contributed by atoms with van der Waals surface area (Å²) in [6.07, 6.45) is 3.39. The fourth-order valence-corrected chi connectivity index (χ4v) is 3.19. The van der Waals surface area contributed by atoms with E-state index in [1.165, 1.54) is 30.0 Å². The van der Waals surface area contributed by atoms with E-state index in [-0.39, 0.29) is 10.9 Å². The lowest BCUT2D eigenvalue weighted by molar-refractivity contribution is -0.115. The molecule has 3 rings (SSSR count). The van der Waals surface area contributed by atoms with E-state index in [9.17, 15) is 9.18 Å². The minimum absolute atomic E-state index is 0.0440. The Bertz CT molecular complexity index is 934. The van der Waals surface area contributed by atoms with E-state index in [1.54, 1.807) is 23.9 Å². The molecule has 2 aromatic heterocycles. The van der Waals surface area contributed by atoms with E-state index in [1.807, 2.05) is 19.2 Å². The minimum Gasteiger partial charge on any atom is -0.325 e. The molecule has 0 aliphatic carbocycles. The minimum atomic E-state index is -0.533. The van der Waals surface area contributed by atoms with Gasteiger partial charge in [-0.05, 0) is 37.3 Å². The molecule has 1 atom stereocenters. The summed E-state index contributed by atoms with van der Waals surface area (Å²) in [5, 5.41) is 11.1. The van der Waals surface area contributed by atoms with E-state index in [4.69, 9.17) is 11.6 Å². The molecular weight excluding hydrogens is 377 g/mol. The normalized spacial score (nSPS) is 12.0. The zero-order chi connectivity index (χ0) is 18.7. The number of nitrogens with one attached hydrogen (secondary N) is 1. The Hall–Kier alpha value is -2.45. The van der Waals surface area contributed by atoms with Crippen molar-refractivity contribution in [2.75, 3.05) is 5.32 Å². The molecule has 0 aliphatic heterocycles. The van der Waals surface area contributed by atoms with Crippen molar-refractivity contribution in [3.8, 4) is 11.4 Å². The molecule has 134 valence electrons. The molecule has 0 aliphatic rings. The van der Waals surface area contributed by atoms with Crippen molar-refractivity contribution in [2.45, 2.75) is 17.3 Å². The second-order valence-electron chi connectivity index (χ2n) is 5.49. The standard InChI is InChI=1S/C17H15ClFN5OS/c1-10(16(25)21-12-5-6-14(19)13(18)8-12)26-17-23-22-15(24(17)2)11-4-3-7-20-9-11/h3-10H,1-2H3,(H,21,25). The van der Waals surface area contributed by atoms with Crippen LogP contribution in [0.2, 0.25) is 5.02 Å². The Morgan fingerprint density at radius 2 is 2.15 bits per heavy atom. The monoisotopic (exact) mass is 391 g/mol. The summed E-state index contributed by atoms with van der Waals surface area (Å²) in [7, 11) is 1.83. The van der Waals surface area contributed by atoms with Gasteiger partial charge >= 0.3 is 0 Å². The van der Waals surface area contributed by atoms with Gasteiger partial charge in [-0.1, -0.05) is 23.4 Å². The van der Waals surface area contributed by atoms with Gasteiger partial charge in [-0.3, -0.25) is 9.78 Å². The van der Waals surface area contributed by atoms with Crippen LogP contribution >= 0.6 is 23.4 Å². The first-order chi connectivity index (χ1) is 12.5. The Kier molecular flexibility index (Phi) is 5.53. The van der Waals surface area contributed by atoms with Gasteiger partial charge in [0.05, 0.1) is 10.3 Å². The number of amides is 1. The van der Waals surface area contributed by atoms with E-state index in [0.717, 1.165) is 5.56 Å². The number of aromatic nitrogens is 4. The topological polar surface area (TPSA) is 72.7 Å². The Labute approximate surface area is 158 Å². The lowest BCUT2D eigenvalue weighted by atomic mass is 10.3. The molecule has 0 bridgehead atoms. The van der Waals surface area contributed by atoms with Crippen LogP contribution in [0.4, 0.5) is 10.1 Å². The zero-order valence-corrected chi connectivity index (χ0v) is 15.6. The molecule has 0 saturated heterocycles. The number of carbonyl (C=O) groups excluding carboxylic acids is 1. The fraction of sp³-hybridized carbons (Fsp3) is 0.176. The third-order valence-corrected chi connectivity index (χ3v) is 5.02. The molecule has 0 spiro atoms. The van der Waals surface area contributed by atoms with E-state index in [2.05, 4.69) is 20.5 Å². The maximum absolute atomic E-state index is 13.2. The number of benzene rings is 1. The predicted octanol–water partition coefficient (Wildman–Crippen LogP) is 3.79. The molecule has 0 fully saturated rings. The lowest BCUT2D eigenvalue weighted by Gasteiger charge is -2.12. The number of hydrogen-bond acceptors (Lipinski definition) is 5. The first-order valence-corrected chi connectivity index (χ1v) is 8.94. The molecule has 1 N–H and O–H groups in total. The average molecular weight is 392 g/mol. The van der Waals surface area contributed by atoms with Gasteiger partial charge in [-0.15, -0.1) is 10.2 Å². The van der Waals surface area contributed by atoms with Gasteiger partial charge in [0.15, 0.2) is 11.0 Å². The second kappa shape index (κ2) is 7.84. The van der Waals surface area contributed by atoms with Crippen molar-refractivity contribution in [3.63, 3.8) is 0 Å². The summed E-state index contributed by atoms with van der Waals surface area (Å²) in [4.78, 5) is 16.4. The highest BCUT2D eigenvalue weighted by molar-refractivity contribution is 8.00. The summed E-state index contributed by atoms with van der Waals surface area (Å²) >= 11 is 7.00. The molecule has 1 aromatic carbocycles. The summed E-state index contributed by atoms with van der Waals surface area (Å²) < 4.78 is 15.0. The van der Waals surface area contributed by atoms with Crippen molar-refractivity contribution >= 4 is 35.0 Å². The van der Waals surface area contributed by atoms with Crippen LogP contribution < -0.4 is 5.32 Å². The van der Waals surface area contributed by atoms with Crippen molar-refractivity contribution in [2.24, 2.45) is 7.05 Å². The lowest BCUT2D eigenvalue weighted by Crippen LogP contribution is -2.22. The van der Waals surface area contributed by atoms with Gasteiger partial charge in [0.25, 0.3) is 0 Å². The Balaban J connectivity index is 1.69. The highest BCUT2D eigenvalue weighted by Crippen LogP contribution is 2.26. The van der Waals surface area contributed by atoms with Crippen LogP contribution in [0, 0.1) is 5.82 Å². The molecule has 2 heterocycles. The molecule has 9 heteroatoms. The van der Waals surface area contributed by atoms with Gasteiger partial charge in [0, 0.05) is 30.7 Å². The summed E-state index contributed by atoms with van der Waals surface area (Å²) in [5.74, 6) is -0.115. The Morgan fingerprint density at radius 3 is 2.85 bits per heavy atom. The average Bonchev–Trinajstić information content (AvgIpc) is 2.99. The zero-order valence-electron chi connectivity index (χ0n) is 14.0. The molecule has 26 heavy (non-hydrogen) atoms. The molecule has 1 amide bonds. The van der Waals surface area contributed by atoms with Gasteiger partial charge < -0.3 is 9.88 Å². The number of nitrogens with zero attached hydrogens (tertiary/aromatic N) is 4. The van der Waals surface area contributed by atoms with Crippen molar-refractivity contribution in [1.29, 1.82) is 0 Å². The molecule has 3 aromatic rings. The van der Waals surface area contributed by atoms with E-state index in [0.29, 0.717) is 16.7 Å². The third-order valence-electron chi connectivity index (χ3n) is 3.59. The number of thioether (sulfide) groups is 1. The first-order valence-electron chi connectivity index (χ1n) is 7.68. The Morgan fingerprint density at radius 1 is 1.35 bits per heavy atom. The summed E-state index contributed by atoms with van der Waals surface area (Å²) in [5.41, 5.74) is 1.27. The quantitative estimate of drug-likeness (QED) is 0.670. The predicted molar refractivity (Wildman–Crippen MR) is 99.6 cm³/mol. The van der Waals surface area contributed by atoms with Gasteiger partial charge in [0.2, 0.25) is 5.91 Å². The van der Waals surface area contributed by atoms with Gasteiger partial charge in [-0.2, -0.15) is 0 Å². The van der Waals surface area contributed by atoms with Gasteiger partial charge in [0.1, 0.15) is 5.82 Å². The van der Waals surface area contributed by atoms with Crippen LogP contribution in [0.5, 0.6) is 0 Å². The van der Waals surface area contributed by atoms with Crippen molar-refractivity contribution in [1.82, 2.24) is 19.7 Å². The number of hydrogen-bond donors (Lipinski definition) is 1. The molecule has 0 saturated carbocycles. The number of halogens is 2. The van der Waals surface area contributed by atoms with Gasteiger partial charge in [-0.25, -0.2) is 4.39 Å². The maximum atomic E-state index is 13.2. The molecule has 6 nitrogen and oxygen atoms in total. The van der Waals surface area contributed by atoms with Crippen LogP contribution in [0.1, 0.15) is 6.92 Å². The highest BCUT2D eigenvalue weighted by Gasteiger charge is 2.20. The molecule has 1 unspecified atom stereocenters. The molecular formula is C17H15ClFN5OS. The van der Waals surface area contributed by atoms with E-state index < -0.39 is 11.1 Å².